The molecule has 5 N–H and O–H groups in total. The van der Waals surface area contributed by atoms with Crippen LogP contribution in [0.3, 0.4) is 0 Å². The van der Waals surface area contributed by atoms with E-state index >= 15 is 0 Å². The van der Waals surface area contributed by atoms with Gasteiger partial charge in [0.1, 0.15) is 5.52 Å². The molecule has 0 aliphatic carbocycles. The van der Waals surface area contributed by atoms with E-state index in [-0.39, 0.29) is 4.90 Å². The van der Waals surface area contributed by atoms with Crippen LogP contribution in [0.1, 0.15) is 5.56 Å². The third-order valence-electron chi connectivity index (χ3n) is 3.24. The molecule has 0 fully saturated rings. The predicted octanol–water partition coefficient (Wildman–Crippen LogP) is 1.16. The van der Waals surface area contributed by atoms with Gasteiger partial charge >= 0.3 is 0 Å². The van der Waals surface area contributed by atoms with Crippen molar-refractivity contribution in [2.24, 2.45) is 5.14 Å². The molecular weight excluding hydrogens is 290 g/mol. The normalized spacial score (nSPS) is 11.9. The highest BCUT2D eigenvalue weighted by molar-refractivity contribution is 7.89. The van der Waals surface area contributed by atoms with Gasteiger partial charge in [-0.3, -0.25) is 5.10 Å². The second-order valence-corrected chi connectivity index (χ2v) is 6.28. The van der Waals surface area contributed by atoms with E-state index in [0.717, 1.165) is 16.6 Å². The lowest BCUT2D eigenvalue weighted by Gasteiger charge is -2.07. The van der Waals surface area contributed by atoms with Crippen LogP contribution in [0.2, 0.25) is 0 Å². The first-order valence-electron chi connectivity index (χ1n) is 6.10. The summed E-state index contributed by atoms with van der Waals surface area (Å²) in [5.41, 5.74) is 9.33. The van der Waals surface area contributed by atoms with Gasteiger partial charge in [-0.2, -0.15) is 5.10 Å². The monoisotopic (exact) mass is 303 g/mol. The van der Waals surface area contributed by atoms with Crippen molar-refractivity contribution in [3.63, 3.8) is 0 Å². The van der Waals surface area contributed by atoms with Crippen molar-refractivity contribution in [1.82, 2.24) is 15.2 Å². The molecule has 0 aliphatic heterocycles. The summed E-state index contributed by atoms with van der Waals surface area (Å²) in [5.74, 6) is 0.325. The zero-order valence-electron chi connectivity index (χ0n) is 11.2. The number of hydrogen-bond donors (Lipinski definition) is 3. The van der Waals surface area contributed by atoms with Crippen LogP contribution in [0, 0.1) is 6.92 Å². The third kappa shape index (κ3) is 2.34. The summed E-state index contributed by atoms with van der Waals surface area (Å²) in [5, 5.41) is 11.8. The Morgan fingerprint density at radius 2 is 1.95 bits per heavy atom. The molecular formula is C13H13N5O2S. The lowest BCUT2D eigenvalue weighted by Crippen LogP contribution is -2.12. The van der Waals surface area contributed by atoms with E-state index in [1.165, 1.54) is 12.1 Å². The maximum atomic E-state index is 11.4. The molecule has 21 heavy (non-hydrogen) atoms. The van der Waals surface area contributed by atoms with Crippen molar-refractivity contribution in [2.75, 3.05) is 5.73 Å². The van der Waals surface area contributed by atoms with Gasteiger partial charge in [0.2, 0.25) is 10.0 Å². The number of hydrogen-bond acceptors (Lipinski definition) is 5. The Kier molecular flexibility index (Phi) is 2.92. The van der Waals surface area contributed by atoms with Gasteiger partial charge in [0, 0.05) is 5.56 Å². The fourth-order valence-electron chi connectivity index (χ4n) is 2.17. The van der Waals surface area contributed by atoms with Gasteiger partial charge in [0.25, 0.3) is 0 Å². The number of sulfonamides is 1. The number of aromatic nitrogens is 3. The number of fused-ring (bicyclic) bond motifs is 1. The van der Waals surface area contributed by atoms with Gasteiger partial charge in [0.15, 0.2) is 5.82 Å². The number of anilines is 1. The minimum atomic E-state index is -3.71. The molecule has 3 aromatic rings. The summed E-state index contributed by atoms with van der Waals surface area (Å²) in [6, 6.07) is 8.31. The second kappa shape index (κ2) is 4.54. The van der Waals surface area contributed by atoms with Crippen LogP contribution < -0.4 is 10.9 Å². The Labute approximate surface area is 121 Å². The summed E-state index contributed by atoms with van der Waals surface area (Å²) < 4.78 is 22.7. The summed E-state index contributed by atoms with van der Waals surface area (Å²) in [6.07, 6.45) is 0. The molecule has 0 atom stereocenters. The number of nitrogens with two attached hydrogens (primary N) is 2. The van der Waals surface area contributed by atoms with E-state index in [2.05, 4.69) is 15.2 Å². The molecule has 108 valence electrons. The van der Waals surface area contributed by atoms with E-state index in [0.29, 0.717) is 17.0 Å². The lowest BCUT2D eigenvalue weighted by molar-refractivity contribution is 0.597. The first-order valence-corrected chi connectivity index (χ1v) is 7.65. The van der Waals surface area contributed by atoms with Gasteiger partial charge in [-0.15, -0.1) is 0 Å². The molecule has 0 radical (unpaired) electrons. The standard InChI is InChI=1S/C13H13N5O2S/c1-7-6-8(21(15,19)20)2-3-9(7)10-4-5-11-12(16-10)13(14)18-17-11/h2-6H,1H3,(H3,14,17,18)(H2,15,19,20). The van der Waals surface area contributed by atoms with Crippen molar-refractivity contribution < 1.29 is 8.42 Å². The average molecular weight is 303 g/mol. The molecule has 0 saturated heterocycles. The van der Waals surface area contributed by atoms with Crippen molar-refractivity contribution in [3.8, 4) is 11.3 Å². The topological polar surface area (TPSA) is 128 Å². The van der Waals surface area contributed by atoms with Gasteiger partial charge in [0.05, 0.1) is 16.1 Å². The minimum Gasteiger partial charge on any atom is -0.380 e. The number of primary sulfonamides is 1. The molecule has 0 bridgehead atoms. The van der Waals surface area contributed by atoms with Crippen LogP contribution >= 0.6 is 0 Å². The maximum absolute atomic E-state index is 11.4. The number of pyridine rings is 1. The van der Waals surface area contributed by atoms with Crippen molar-refractivity contribution in [1.29, 1.82) is 0 Å². The fraction of sp³-hybridized carbons (Fsp3) is 0.0769. The zero-order valence-corrected chi connectivity index (χ0v) is 12.0. The predicted molar refractivity (Wildman–Crippen MR) is 79.8 cm³/mol. The van der Waals surface area contributed by atoms with Crippen LogP contribution in [0.25, 0.3) is 22.3 Å². The zero-order chi connectivity index (χ0) is 15.2. The Morgan fingerprint density at radius 1 is 1.19 bits per heavy atom. The molecule has 2 heterocycles. The van der Waals surface area contributed by atoms with Crippen LogP contribution in [-0.2, 0) is 10.0 Å². The maximum Gasteiger partial charge on any atom is 0.238 e. The smallest absolute Gasteiger partial charge is 0.238 e. The molecule has 0 amide bonds. The summed E-state index contributed by atoms with van der Waals surface area (Å²) in [7, 11) is -3.71. The molecule has 2 aromatic heterocycles. The van der Waals surface area contributed by atoms with E-state index in [1.807, 2.05) is 12.1 Å². The molecule has 3 rings (SSSR count). The van der Waals surface area contributed by atoms with Gasteiger partial charge in [-0.1, -0.05) is 6.07 Å². The molecule has 0 aliphatic rings. The largest absolute Gasteiger partial charge is 0.380 e. The molecule has 1 aromatic carbocycles. The number of aromatic amines is 1. The van der Waals surface area contributed by atoms with Crippen LogP contribution in [0.15, 0.2) is 35.2 Å². The van der Waals surface area contributed by atoms with Gasteiger partial charge in [-0.25, -0.2) is 18.5 Å². The highest BCUT2D eigenvalue weighted by Gasteiger charge is 2.12. The number of H-pyrrole nitrogens is 1. The van der Waals surface area contributed by atoms with E-state index < -0.39 is 10.0 Å². The first-order chi connectivity index (χ1) is 9.86. The van der Waals surface area contributed by atoms with Crippen LogP contribution in [0.5, 0.6) is 0 Å². The first kappa shape index (κ1) is 13.5. The average Bonchev–Trinajstić information content (AvgIpc) is 2.79. The third-order valence-corrected chi connectivity index (χ3v) is 4.15. The van der Waals surface area contributed by atoms with Crippen molar-refractivity contribution in [2.45, 2.75) is 11.8 Å². The minimum absolute atomic E-state index is 0.0765. The summed E-state index contributed by atoms with van der Waals surface area (Å²) in [6.45, 7) is 1.80. The number of nitrogen functional groups attached to an aromatic ring is 1. The molecule has 0 saturated carbocycles. The Bertz CT molecular complexity index is 946. The Balaban J connectivity index is 2.16. The Morgan fingerprint density at radius 3 is 2.62 bits per heavy atom. The van der Waals surface area contributed by atoms with E-state index in [4.69, 9.17) is 10.9 Å². The summed E-state index contributed by atoms with van der Waals surface area (Å²) >= 11 is 0. The Hall–Kier alpha value is -2.45. The van der Waals surface area contributed by atoms with Crippen LogP contribution in [0.4, 0.5) is 5.82 Å². The molecule has 8 heteroatoms. The van der Waals surface area contributed by atoms with Gasteiger partial charge < -0.3 is 5.73 Å². The number of nitrogens with one attached hydrogen (secondary N) is 1. The lowest BCUT2D eigenvalue weighted by atomic mass is 10.1. The van der Waals surface area contributed by atoms with E-state index in [9.17, 15) is 8.42 Å². The van der Waals surface area contributed by atoms with E-state index in [1.54, 1.807) is 13.0 Å². The van der Waals surface area contributed by atoms with Gasteiger partial charge in [-0.05, 0) is 36.8 Å². The molecule has 7 nitrogen and oxygen atoms in total. The quantitative estimate of drug-likeness (QED) is 0.654. The fourth-order valence-corrected chi connectivity index (χ4v) is 2.77. The summed E-state index contributed by atoms with van der Waals surface area (Å²) in [4.78, 5) is 4.53. The number of rotatable bonds is 2. The van der Waals surface area contributed by atoms with Crippen molar-refractivity contribution in [3.05, 3.63) is 35.9 Å². The highest BCUT2D eigenvalue weighted by atomic mass is 32.2. The number of aryl methyl sites for hydroxylation is 1. The highest BCUT2D eigenvalue weighted by Crippen LogP contribution is 2.26. The molecule has 0 spiro atoms. The van der Waals surface area contributed by atoms with Crippen LogP contribution in [-0.4, -0.2) is 23.6 Å². The number of benzene rings is 1. The second-order valence-electron chi connectivity index (χ2n) is 4.72. The van der Waals surface area contributed by atoms with Crippen molar-refractivity contribution >= 4 is 26.9 Å². The molecule has 0 unspecified atom stereocenters. The number of nitrogens with zero attached hydrogens (tertiary/aromatic N) is 2. The SMILES string of the molecule is Cc1cc(S(N)(=O)=O)ccc1-c1ccc2[nH]nc(N)c2n1.